The Hall–Kier alpha value is -1.74. The van der Waals surface area contributed by atoms with E-state index in [1.54, 1.807) is 30.3 Å². The topological polar surface area (TPSA) is 78.5 Å². The number of carbonyl (C=O) groups excluding carboxylic acids is 1. The molecule has 2 aromatic carbocycles. The Labute approximate surface area is 174 Å². The molecule has 0 aromatic heterocycles. The zero-order valence-electron chi connectivity index (χ0n) is 15.5. The number of sulfonamides is 1. The van der Waals surface area contributed by atoms with E-state index >= 15 is 0 Å². The number of piperidine rings is 1. The van der Waals surface area contributed by atoms with Gasteiger partial charge in [-0.15, -0.1) is 0 Å². The minimum atomic E-state index is -3.48. The number of hydrogen-bond donors (Lipinski definition) is 2. The van der Waals surface area contributed by atoms with Crippen LogP contribution in [0.2, 0.25) is 0 Å². The van der Waals surface area contributed by atoms with Crippen LogP contribution >= 0.6 is 15.9 Å². The van der Waals surface area contributed by atoms with Crippen LogP contribution in [0.3, 0.4) is 0 Å². The molecule has 0 unspecified atom stereocenters. The minimum absolute atomic E-state index is 0.0192. The maximum atomic E-state index is 12.4. The van der Waals surface area contributed by atoms with Crippen LogP contribution in [0.4, 0.5) is 5.69 Å². The fourth-order valence-corrected chi connectivity index (χ4v) is 4.77. The Bertz CT molecular complexity index is 881. The Morgan fingerprint density at radius 3 is 2.32 bits per heavy atom. The number of nitrogens with zero attached hydrogens (tertiary/aromatic N) is 1. The number of amides is 1. The van der Waals surface area contributed by atoms with Gasteiger partial charge in [-0.3, -0.25) is 4.79 Å². The third-order valence-electron chi connectivity index (χ3n) is 4.75. The van der Waals surface area contributed by atoms with Crippen LogP contribution in [0, 0.1) is 0 Å². The maximum Gasteiger partial charge on any atom is 0.240 e. The molecule has 0 atom stereocenters. The molecule has 1 aliphatic rings. The van der Waals surface area contributed by atoms with Gasteiger partial charge in [0.15, 0.2) is 0 Å². The predicted molar refractivity (Wildman–Crippen MR) is 114 cm³/mol. The van der Waals surface area contributed by atoms with Crippen molar-refractivity contribution in [2.24, 2.45) is 0 Å². The van der Waals surface area contributed by atoms with Crippen LogP contribution in [-0.4, -0.2) is 44.9 Å². The second-order valence-corrected chi connectivity index (χ2v) is 9.48. The summed E-state index contributed by atoms with van der Waals surface area (Å²) in [6.07, 6.45) is 1.89. The van der Waals surface area contributed by atoms with Crippen molar-refractivity contribution < 1.29 is 13.2 Å². The van der Waals surface area contributed by atoms with E-state index in [9.17, 15) is 13.2 Å². The van der Waals surface area contributed by atoms with Crippen molar-refractivity contribution in [1.29, 1.82) is 0 Å². The summed E-state index contributed by atoms with van der Waals surface area (Å²) < 4.78 is 28.6. The van der Waals surface area contributed by atoms with Gasteiger partial charge in [-0.1, -0.05) is 34.1 Å². The molecule has 2 aromatic rings. The van der Waals surface area contributed by atoms with Crippen LogP contribution < -0.4 is 10.0 Å². The first kappa shape index (κ1) is 21.0. The Morgan fingerprint density at radius 1 is 1.04 bits per heavy atom. The maximum absolute atomic E-state index is 12.4. The first-order chi connectivity index (χ1) is 13.4. The van der Waals surface area contributed by atoms with Crippen LogP contribution in [0.5, 0.6) is 0 Å². The van der Waals surface area contributed by atoms with E-state index in [2.05, 4.69) is 30.9 Å². The second-order valence-electron chi connectivity index (χ2n) is 6.86. The van der Waals surface area contributed by atoms with Gasteiger partial charge >= 0.3 is 0 Å². The fraction of sp³-hybridized carbons (Fsp3) is 0.350. The molecular weight excluding hydrogens is 442 g/mol. The number of rotatable bonds is 7. The molecule has 1 saturated heterocycles. The Balaban J connectivity index is 1.40. The largest absolute Gasteiger partial charge is 0.326 e. The van der Waals surface area contributed by atoms with Crippen LogP contribution in [0.1, 0.15) is 19.3 Å². The lowest BCUT2D eigenvalue weighted by Crippen LogP contribution is -2.45. The molecule has 0 bridgehead atoms. The van der Waals surface area contributed by atoms with Gasteiger partial charge < -0.3 is 10.2 Å². The molecule has 1 heterocycles. The van der Waals surface area contributed by atoms with Gasteiger partial charge in [-0.2, -0.15) is 0 Å². The predicted octanol–water partition coefficient (Wildman–Crippen LogP) is 3.22. The summed E-state index contributed by atoms with van der Waals surface area (Å²) in [4.78, 5) is 14.6. The molecule has 6 nitrogen and oxygen atoms in total. The highest BCUT2D eigenvalue weighted by Crippen LogP contribution is 2.16. The number of halogens is 1. The summed E-state index contributed by atoms with van der Waals surface area (Å²) in [5.74, 6) is -0.0192. The van der Waals surface area contributed by atoms with Crippen molar-refractivity contribution in [3.8, 4) is 0 Å². The normalized spacial score (nSPS) is 16.0. The lowest BCUT2D eigenvalue weighted by atomic mass is 10.1. The fourth-order valence-electron chi connectivity index (χ4n) is 3.18. The molecule has 3 rings (SSSR count). The highest BCUT2D eigenvalue weighted by atomic mass is 79.9. The smallest absolute Gasteiger partial charge is 0.240 e. The SMILES string of the molecule is O=C(CCN1CCC(NS(=O)(=O)c2ccccc2)CC1)Nc1ccc(Br)cc1. The Morgan fingerprint density at radius 2 is 1.68 bits per heavy atom. The van der Waals surface area contributed by atoms with Gasteiger partial charge in [0.25, 0.3) is 0 Å². The van der Waals surface area contributed by atoms with E-state index in [1.807, 2.05) is 24.3 Å². The van der Waals surface area contributed by atoms with E-state index in [4.69, 9.17) is 0 Å². The van der Waals surface area contributed by atoms with E-state index in [0.29, 0.717) is 17.9 Å². The third kappa shape index (κ3) is 6.13. The van der Waals surface area contributed by atoms with Crippen molar-refractivity contribution in [1.82, 2.24) is 9.62 Å². The summed E-state index contributed by atoms with van der Waals surface area (Å²) in [7, 11) is -3.48. The molecule has 0 radical (unpaired) electrons. The number of nitrogens with one attached hydrogen (secondary N) is 2. The summed E-state index contributed by atoms with van der Waals surface area (Å²) in [6, 6.07) is 15.8. The van der Waals surface area contributed by atoms with Gasteiger partial charge in [-0.25, -0.2) is 13.1 Å². The summed E-state index contributed by atoms with van der Waals surface area (Å²) in [5.41, 5.74) is 0.780. The lowest BCUT2D eigenvalue weighted by molar-refractivity contribution is -0.116. The minimum Gasteiger partial charge on any atom is -0.326 e. The second kappa shape index (κ2) is 9.65. The van der Waals surface area contributed by atoms with Crippen molar-refractivity contribution in [3.63, 3.8) is 0 Å². The number of anilines is 1. The Kier molecular flexibility index (Phi) is 7.23. The molecule has 8 heteroatoms. The van der Waals surface area contributed by atoms with Crippen LogP contribution in [0.25, 0.3) is 0 Å². The summed E-state index contributed by atoms with van der Waals surface area (Å²) in [6.45, 7) is 2.21. The highest BCUT2D eigenvalue weighted by molar-refractivity contribution is 9.10. The number of hydrogen-bond acceptors (Lipinski definition) is 4. The lowest BCUT2D eigenvalue weighted by Gasteiger charge is -2.32. The van der Waals surface area contributed by atoms with Gasteiger partial charge in [0.1, 0.15) is 0 Å². The number of benzene rings is 2. The first-order valence-electron chi connectivity index (χ1n) is 9.27. The number of carbonyl (C=O) groups is 1. The molecule has 150 valence electrons. The van der Waals surface area contributed by atoms with E-state index in [-0.39, 0.29) is 11.9 Å². The van der Waals surface area contributed by atoms with Crippen molar-refractivity contribution in [2.45, 2.75) is 30.2 Å². The zero-order valence-corrected chi connectivity index (χ0v) is 17.9. The molecule has 1 fully saturated rings. The van der Waals surface area contributed by atoms with Crippen molar-refractivity contribution in [2.75, 3.05) is 25.0 Å². The average Bonchev–Trinajstić information content (AvgIpc) is 2.70. The monoisotopic (exact) mass is 465 g/mol. The molecule has 0 spiro atoms. The standard InChI is InChI=1S/C20H24BrN3O3S/c21-16-6-8-17(9-7-16)22-20(25)12-15-24-13-10-18(11-14-24)23-28(26,27)19-4-2-1-3-5-19/h1-9,18,23H,10-15H2,(H,22,25). The van der Waals surface area contributed by atoms with E-state index in [1.165, 1.54) is 0 Å². The first-order valence-corrected chi connectivity index (χ1v) is 11.6. The van der Waals surface area contributed by atoms with Gasteiger partial charge in [0.05, 0.1) is 4.90 Å². The number of likely N-dealkylation sites (tertiary alicyclic amines) is 1. The zero-order chi connectivity index (χ0) is 20.0. The van der Waals surface area contributed by atoms with E-state index < -0.39 is 10.0 Å². The van der Waals surface area contributed by atoms with Gasteiger partial charge in [0.2, 0.25) is 15.9 Å². The molecule has 1 amide bonds. The van der Waals surface area contributed by atoms with Crippen LogP contribution in [-0.2, 0) is 14.8 Å². The third-order valence-corrected chi connectivity index (χ3v) is 6.81. The summed E-state index contributed by atoms with van der Waals surface area (Å²) >= 11 is 3.37. The van der Waals surface area contributed by atoms with E-state index in [0.717, 1.165) is 36.1 Å². The van der Waals surface area contributed by atoms with Crippen molar-refractivity contribution in [3.05, 3.63) is 59.1 Å². The molecule has 2 N–H and O–H groups in total. The van der Waals surface area contributed by atoms with Crippen LogP contribution in [0.15, 0.2) is 64.0 Å². The quantitative estimate of drug-likeness (QED) is 0.657. The van der Waals surface area contributed by atoms with Gasteiger partial charge in [-0.05, 0) is 62.3 Å². The molecule has 0 aliphatic carbocycles. The highest BCUT2D eigenvalue weighted by Gasteiger charge is 2.24. The summed E-state index contributed by atoms with van der Waals surface area (Å²) in [5, 5.41) is 2.89. The molecular formula is C20H24BrN3O3S. The average molecular weight is 466 g/mol. The molecule has 0 saturated carbocycles. The van der Waals surface area contributed by atoms with Crippen molar-refractivity contribution >= 4 is 37.5 Å². The molecule has 1 aliphatic heterocycles. The molecule has 28 heavy (non-hydrogen) atoms. The van der Waals surface area contributed by atoms with Gasteiger partial charge in [0, 0.05) is 29.2 Å².